The van der Waals surface area contributed by atoms with Gasteiger partial charge in [0.25, 0.3) is 0 Å². The van der Waals surface area contributed by atoms with Gasteiger partial charge >= 0.3 is 10.1 Å². The molecule has 0 unspecified atom stereocenters. The van der Waals surface area contributed by atoms with Gasteiger partial charge in [-0.15, -0.1) is 0 Å². The molecule has 0 atom stereocenters. The fraction of sp³-hybridized carbons (Fsp3) is 0.176. The van der Waals surface area contributed by atoms with Gasteiger partial charge in [-0.1, -0.05) is 24.3 Å². The predicted molar refractivity (Wildman–Crippen MR) is 90.8 cm³/mol. The first-order chi connectivity index (χ1) is 11.1. The van der Waals surface area contributed by atoms with Gasteiger partial charge in [-0.05, 0) is 48.4 Å². The van der Waals surface area contributed by atoms with Crippen LogP contribution in [0, 0.1) is 0 Å². The van der Waals surface area contributed by atoms with Crippen LogP contribution in [0.15, 0.2) is 54.7 Å². The number of nitrogens with two attached hydrogens (primary N) is 1. The highest BCUT2D eigenvalue weighted by molar-refractivity contribution is 7.86. The van der Waals surface area contributed by atoms with E-state index in [0.717, 1.165) is 22.9 Å². The van der Waals surface area contributed by atoms with E-state index in [2.05, 4.69) is 4.98 Å². The lowest BCUT2D eigenvalue weighted by Gasteiger charge is -2.07. The molecule has 0 fully saturated rings. The van der Waals surface area contributed by atoms with Crippen molar-refractivity contribution in [3.63, 3.8) is 0 Å². The molecule has 23 heavy (non-hydrogen) atoms. The van der Waals surface area contributed by atoms with Crippen LogP contribution in [-0.4, -0.2) is 19.9 Å². The molecular weight excluding hydrogens is 312 g/mol. The van der Waals surface area contributed by atoms with Crippen LogP contribution in [0.1, 0.15) is 11.1 Å². The molecule has 3 aromatic rings. The summed E-state index contributed by atoms with van der Waals surface area (Å²) in [6, 6.07) is 14.0. The van der Waals surface area contributed by atoms with E-state index in [1.807, 2.05) is 18.3 Å². The highest BCUT2D eigenvalue weighted by Gasteiger charge is 2.15. The first-order valence-corrected chi connectivity index (χ1v) is 8.91. The van der Waals surface area contributed by atoms with Crippen LogP contribution in [0.25, 0.3) is 10.9 Å². The number of nitrogens with one attached hydrogen (secondary N) is 1. The molecule has 0 aliphatic heterocycles. The van der Waals surface area contributed by atoms with Crippen molar-refractivity contribution in [2.75, 3.05) is 6.54 Å². The Kier molecular flexibility index (Phi) is 4.36. The smallest absolute Gasteiger partial charge is 0.313 e. The zero-order valence-corrected chi connectivity index (χ0v) is 13.3. The molecule has 0 saturated heterocycles. The first kappa shape index (κ1) is 15.6. The molecule has 5 nitrogen and oxygen atoms in total. The van der Waals surface area contributed by atoms with Gasteiger partial charge in [-0.25, -0.2) is 0 Å². The Bertz CT molecular complexity index is 902. The molecule has 0 aliphatic rings. The molecule has 0 bridgehead atoms. The van der Waals surface area contributed by atoms with Crippen molar-refractivity contribution in [2.45, 2.75) is 12.2 Å². The summed E-state index contributed by atoms with van der Waals surface area (Å²) in [5, 5.41) is 1.00. The lowest BCUT2D eigenvalue weighted by Crippen LogP contribution is -2.12. The molecule has 0 saturated carbocycles. The van der Waals surface area contributed by atoms with Crippen LogP contribution < -0.4 is 9.92 Å². The summed E-state index contributed by atoms with van der Waals surface area (Å²) in [4.78, 5) is 3.17. The predicted octanol–water partition coefficient (Wildman–Crippen LogP) is 2.58. The lowest BCUT2D eigenvalue weighted by molar-refractivity contribution is 0.485. The van der Waals surface area contributed by atoms with E-state index in [4.69, 9.17) is 9.92 Å². The third kappa shape index (κ3) is 3.72. The molecule has 120 valence electrons. The minimum absolute atomic E-state index is 0.176. The van der Waals surface area contributed by atoms with Crippen molar-refractivity contribution >= 4 is 21.0 Å². The average molecular weight is 330 g/mol. The van der Waals surface area contributed by atoms with Crippen LogP contribution in [0.3, 0.4) is 0 Å². The van der Waals surface area contributed by atoms with Gasteiger partial charge in [0.1, 0.15) is 11.5 Å². The average Bonchev–Trinajstić information content (AvgIpc) is 2.90. The normalized spacial score (nSPS) is 11.7. The largest absolute Gasteiger partial charge is 0.382 e. The van der Waals surface area contributed by atoms with E-state index >= 15 is 0 Å². The zero-order chi connectivity index (χ0) is 16.3. The third-order valence-electron chi connectivity index (χ3n) is 3.56. The zero-order valence-electron chi connectivity index (χ0n) is 12.5. The summed E-state index contributed by atoms with van der Waals surface area (Å²) in [5.74, 6) is 0.143. The van der Waals surface area contributed by atoms with Gasteiger partial charge in [0.15, 0.2) is 0 Å². The maximum atomic E-state index is 12.2. The van der Waals surface area contributed by atoms with Gasteiger partial charge in [0.05, 0.1) is 0 Å². The number of H-pyrrole nitrogens is 1. The third-order valence-corrected chi connectivity index (χ3v) is 4.69. The maximum absolute atomic E-state index is 12.2. The molecule has 3 N–H and O–H groups in total. The summed E-state index contributed by atoms with van der Waals surface area (Å²) in [6.45, 7) is 0.548. The molecule has 6 heteroatoms. The molecule has 1 heterocycles. The summed E-state index contributed by atoms with van der Waals surface area (Å²) in [6.07, 6.45) is 2.66. The minimum atomic E-state index is -3.70. The number of fused-ring (bicyclic) bond motifs is 1. The van der Waals surface area contributed by atoms with E-state index in [1.54, 1.807) is 36.4 Å². The SMILES string of the molecule is NCCc1c[nH]c2ccc(CS(=O)(=O)Oc3ccccc3)cc12. The minimum Gasteiger partial charge on any atom is -0.382 e. The fourth-order valence-electron chi connectivity index (χ4n) is 2.53. The van der Waals surface area contributed by atoms with Crippen molar-refractivity contribution in [2.24, 2.45) is 5.73 Å². The number of para-hydroxylation sites is 1. The molecule has 2 aromatic carbocycles. The number of hydrogen-bond donors (Lipinski definition) is 2. The molecular formula is C17H18N2O3S. The maximum Gasteiger partial charge on any atom is 0.313 e. The van der Waals surface area contributed by atoms with Crippen molar-refractivity contribution in [1.82, 2.24) is 4.98 Å². The standard InChI is InChI=1S/C17H18N2O3S/c18-9-8-14-11-19-17-7-6-13(10-16(14)17)12-23(20,21)22-15-4-2-1-3-5-15/h1-7,10-11,19H,8-9,12,18H2. The Labute approximate surface area is 135 Å². The molecule has 3 rings (SSSR count). The van der Waals surface area contributed by atoms with Crippen molar-refractivity contribution < 1.29 is 12.6 Å². The number of rotatable bonds is 6. The van der Waals surface area contributed by atoms with Gasteiger partial charge in [-0.3, -0.25) is 0 Å². The highest BCUT2D eigenvalue weighted by atomic mass is 32.2. The second-order valence-electron chi connectivity index (χ2n) is 5.33. The lowest BCUT2D eigenvalue weighted by atomic mass is 10.1. The van der Waals surface area contributed by atoms with E-state index in [-0.39, 0.29) is 5.75 Å². The Morgan fingerprint density at radius 3 is 2.61 bits per heavy atom. The molecule has 0 spiro atoms. The Morgan fingerprint density at radius 1 is 1.09 bits per heavy atom. The second-order valence-corrected chi connectivity index (χ2v) is 6.90. The number of benzene rings is 2. The fourth-order valence-corrected chi connectivity index (χ4v) is 3.58. The van der Waals surface area contributed by atoms with Crippen molar-refractivity contribution in [3.8, 4) is 5.75 Å². The van der Waals surface area contributed by atoms with E-state index in [1.165, 1.54) is 0 Å². The summed E-state index contributed by atoms with van der Waals surface area (Å²) >= 11 is 0. The van der Waals surface area contributed by atoms with Crippen LogP contribution in [0.5, 0.6) is 5.75 Å². The highest BCUT2D eigenvalue weighted by Crippen LogP contribution is 2.22. The Hall–Kier alpha value is -2.31. The topological polar surface area (TPSA) is 85.2 Å². The summed E-state index contributed by atoms with van der Waals surface area (Å²) in [7, 11) is -3.70. The van der Waals surface area contributed by atoms with Crippen LogP contribution in [-0.2, 0) is 22.3 Å². The van der Waals surface area contributed by atoms with Gasteiger partial charge in [0, 0.05) is 17.1 Å². The molecule has 0 amide bonds. The van der Waals surface area contributed by atoms with Crippen LogP contribution in [0.2, 0.25) is 0 Å². The molecule has 0 radical (unpaired) electrons. The van der Waals surface area contributed by atoms with Crippen LogP contribution in [0.4, 0.5) is 0 Å². The quantitative estimate of drug-likeness (QED) is 0.680. The van der Waals surface area contributed by atoms with Gasteiger partial charge in [0.2, 0.25) is 0 Å². The number of aromatic amines is 1. The first-order valence-electron chi connectivity index (χ1n) is 7.33. The Morgan fingerprint density at radius 2 is 1.87 bits per heavy atom. The van der Waals surface area contributed by atoms with Gasteiger partial charge in [-0.2, -0.15) is 8.42 Å². The monoisotopic (exact) mass is 330 g/mol. The van der Waals surface area contributed by atoms with Crippen molar-refractivity contribution in [1.29, 1.82) is 0 Å². The molecule has 0 aliphatic carbocycles. The Balaban J connectivity index is 1.84. The van der Waals surface area contributed by atoms with Gasteiger partial charge < -0.3 is 14.9 Å². The molecule has 1 aromatic heterocycles. The second kappa shape index (κ2) is 6.44. The summed E-state index contributed by atoms with van der Waals surface area (Å²) in [5.41, 5.74) is 8.35. The van der Waals surface area contributed by atoms with E-state index in [0.29, 0.717) is 17.9 Å². The van der Waals surface area contributed by atoms with E-state index < -0.39 is 10.1 Å². The number of hydrogen-bond acceptors (Lipinski definition) is 4. The van der Waals surface area contributed by atoms with E-state index in [9.17, 15) is 8.42 Å². The number of aromatic nitrogens is 1. The van der Waals surface area contributed by atoms with Crippen LogP contribution >= 0.6 is 0 Å². The van der Waals surface area contributed by atoms with Crippen molar-refractivity contribution in [3.05, 3.63) is 65.9 Å². The summed E-state index contributed by atoms with van der Waals surface area (Å²) < 4.78 is 29.5.